The molecule has 1 N–H and O–H groups in total. The van der Waals surface area contributed by atoms with E-state index < -0.39 is 23.4 Å². The van der Waals surface area contributed by atoms with Gasteiger partial charge in [-0.1, -0.05) is 61.4 Å². The topological polar surface area (TPSA) is 94.6 Å². The van der Waals surface area contributed by atoms with Crippen LogP contribution >= 0.6 is 30.7 Å². The Kier molecular flexibility index (Phi) is 10.3. The molecule has 37 heavy (non-hydrogen) atoms. The minimum Gasteiger partial charge on any atom is -0.308 e. The van der Waals surface area contributed by atoms with Gasteiger partial charge in [0.15, 0.2) is 4.34 Å². The SMILES string of the molecule is CCOP(=O)(OCC)C(Cc1ccccc1)NS(=O)(=O)c1ccc2nc(SCC3CCCCC3)sc2c1. The number of aromatic nitrogens is 1. The van der Waals surface area contributed by atoms with Crippen LogP contribution in [0, 0.1) is 5.92 Å². The van der Waals surface area contributed by atoms with Crippen molar-refractivity contribution < 1.29 is 22.0 Å². The number of fused-ring (bicyclic) bond motifs is 1. The van der Waals surface area contributed by atoms with Crippen LogP contribution in [0.3, 0.4) is 0 Å². The first-order valence-electron chi connectivity index (χ1n) is 12.8. The van der Waals surface area contributed by atoms with Crippen LogP contribution in [0.2, 0.25) is 0 Å². The molecule has 3 aromatic rings. The number of sulfonamides is 1. The number of hydrogen-bond acceptors (Lipinski definition) is 8. The molecule has 1 aliphatic rings. The van der Waals surface area contributed by atoms with Gasteiger partial charge in [0.25, 0.3) is 0 Å². The molecule has 0 saturated heterocycles. The second-order valence-electron chi connectivity index (χ2n) is 9.13. The maximum Gasteiger partial charge on any atom is 0.348 e. The molecule has 1 aliphatic carbocycles. The molecule has 0 amide bonds. The highest BCUT2D eigenvalue weighted by Gasteiger charge is 2.39. The minimum absolute atomic E-state index is 0.102. The van der Waals surface area contributed by atoms with Crippen molar-refractivity contribution in [3.05, 3.63) is 54.1 Å². The van der Waals surface area contributed by atoms with E-state index in [2.05, 4.69) is 4.72 Å². The Morgan fingerprint density at radius 2 is 1.78 bits per heavy atom. The van der Waals surface area contributed by atoms with Gasteiger partial charge in [-0.05, 0) is 56.4 Å². The summed E-state index contributed by atoms with van der Waals surface area (Å²) in [4.78, 5) is 4.81. The van der Waals surface area contributed by atoms with Crippen LogP contribution in [0.5, 0.6) is 0 Å². The molecule has 4 rings (SSSR count). The van der Waals surface area contributed by atoms with Gasteiger partial charge < -0.3 is 9.05 Å². The van der Waals surface area contributed by atoms with E-state index in [-0.39, 0.29) is 24.5 Å². The highest BCUT2D eigenvalue weighted by molar-refractivity contribution is 8.01. The minimum atomic E-state index is -4.02. The molecule has 11 heteroatoms. The number of rotatable bonds is 13. The van der Waals surface area contributed by atoms with Crippen molar-refractivity contribution in [1.29, 1.82) is 0 Å². The molecule has 0 aliphatic heterocycles. The van der Waals surface area contributed by atoms with Crippen LogP contribution in [-0.2, 0) is 30.1 Å². The third kappa shape index (κ3) is 7.66. The normalized spacial score (nSPS) is 16.3. The number of thioether (sulfide) groups is 1. The lowest BCUT2D eigenvalue weighted by Gasteiger charge is -2.27. The summed E-state index contributed by atoms with van der Waals surface area (Å²) in [6, 6.07) is 14.2. The van der Waals surface area contributed by atoms with Gasteiger partial charge in [-0.3, -0.25) is 4.57 Å². The van der Waals surface area contributed by atoms with Crippen molar-refractivity contribution in [2.75, 3.05) is 19.0 Å². The Labute approximate surface area is 228 Å². The summed E-state index contributed by atoms with van der Waals surface area (Å²) in [5.74, 6) is 0.718. The molecule has 0 spiro atoms. The molecule has 0 radical (unpaired) electrons. The van der Waals surface area contributed by atoms with Gasteiger partial charge in [0.1, 0.15) is 5.78 Å². The molecule has 1 aromatic heterocycles. The number of thiazole rings is 1. The summed E-state index contributed by atoms with van der Waals surface area (Å²) in [6.07, 6.45) is 6.69. The lowest BCUT2D eigenvalue weighted by Crippen LogP contribution is -2.37. The van der Waals surface area contributed by atoms with Gasteiger partial charge in [-0.2, -0.15) is 4.72 Å². The maximum atomic E-state index is 13.7. The second kappa shape index (κ2) is 13.2. The van der Waals surface area contributed by atoms with Gasteiger partial charge in [0.2, 0.25) is 10.0 Å². The molecule has 1 atom stereocenters. The van der Waals surface area contributed by atoms with Crippen LogP contribution in [0.15, 0.2) is 57.8 Å². The van der Waals surface area contributed by atoms with Crippen molar-refractivity contribution in [1.82, 2.24) is 9.71 Å². The van der Waals surface area contributed by atoms with E-state index in [9.17, 15) is 13.0 Å². The van der Waals surface area contributed by atoms with Crippen molar-refractivity contribution >= 4 is 50.9 Å². The van der Waals surface area contributed by atoms with Crippen molar-refractivity contribution in [3.8, 4) is 0 Å². The number of benzene rings is 2. The number of nitrogens with one attached hydrogen (secondary N) is 1. The first-order chi connectivity index (χ1) is 17.8. The molecule has 0 bridgehead atoms. The second-order valence-corrected chi connectivity index (χ2v) is 15.4. The Morgan fingerprint density at radius 1 is 1.08 bits per heavy atom. The molecule has 1 unspecified atom stereocenters. The van der Waals surface area contributed by atoms with Gasteiger partial charge in [0.05, 0.1) is 28.3 Å². The maximum absolute atomic E-state index is 13.7. The average Bonchev–Trinajstić information content (AvgIpc) is 3.31. The number of hydrogen-bond donors (Lipinski definition) is 1. The Bertz CT molecular complexity index is 1300. The van der Waals surface area contributed by atoms with Crippen molar-refractivity contribution in [2.45, 2.75) is 67.4 Å². The largest absolute Gasteiger partial charge is 0.348 e. The zero-order valence-corrected chi connectivity index (χ0v) is 24.6. The van der Waals surface area contributed by atoms with Gasteiger partial charge in [-0.25, -0.2) is 13.4 Å². The highest BCUT2D eigenvalue weighted by Crippen LogP contribution is 2.53. The molecule has 1 heterocycles. The monoisotopic (exact) mass is 582 g/mol. The lowest BCUT2D eigenvalue weighted by atomic mass is 9.91. The fraction of sp³-hybridized carbons (Fsp3) is 0.500. The van der Waals surface area contributed by atoms with E-state index in [0.29, 0.717) is 0 Å². The summed E-state index contributed by atoms with van der Waals surface area (Å²) in [5, 5.41) is 0. The molecule has 1 saturated carbocycles. The molecular weight excluding hydrogens is 547 g/mol. The fourth-order valence-electron chi connectivity index (χ4n) is 4.54. The zero-order valence-electron chi connectivity index (χ0n) is 21.3. The quantitative estimate of drug-likeness (QED) is 0.170. The van der Waals surface area contributed by atoms with Crippen LogP contribution < -0.4 is 4.72 Å². The fourth-order valence-corrected chi connectivity index (χ4v) is 10.5. The predicted molar refractivity (Wildman–Crippen MR) is 152 cm³/mol. The van der Waals surface area contributed by atoms with Crippen LogP contribution in [0.1, 0.15) is 51.5 Å². The van der Waals surface area contributed by atoms with E-state index in [1.54, 1.807) is 43.8 Å². The molecule has 1 fully saturated rings. The lowest BCUT2D eigenvalue weighted by molar-refractivity contribution is 0.210. The first kappa shape index (κ1) is 28.7. The summed E-state index contributed by atoms with van der Waals surface area (Å²) >= 11 is 3.28. The van der Waals surface area contributed by atoms with Crippen LogP contribution in [-0.4, -0.2) is 38.2 Å². The van der Waals surface area contributed by atoms with Gasteiger partial charge >= 0.3 is 7.60 Å². The van der Waals surface area contributed by atoms with E-state index in [0.717, 1.165) is 31.8 Å². The predicted octanol–water partition coefficient (Wildman–Crippen LogP) is 7.08. The molecule has 7 nitrogen and oxygen atoms in total. The third-order valence-electron chi connectivity index (χ3n) is 6.38. The summed E-state index contributed by atoms with van der Waals surface area (Å²) < 4.78 is 56.2. The van der Waals surface area contributed by atoms with Crippen molar-refractivity contribution in [3.63, 3.8) is 0 Å². The van der Waals surface area contributed by atoms with E-state index in [4.69, 9.17) is 14.0 Å². The zero-order chi connectivity index (χ0) is 26.3. The molecule has 2 aromatic carbocycles. The van der Waals surface area contributed by atoms with E-state index in [1.165, 1.54) is 43.4 Å². The van der Waals surface area contributed by atoms with E-state index in [1.807, 2.05) is 30.3 Å². The van der Waals surface area contributed by atoms with Crippen LogP contribution in [0.25, 0.3) is 10.2 Å². The van der Waals surface area contributed by atoms with E-state index >= 15 is 0 Å². The van der Waals surface area contributed by atoms with Crippen molar-refractivity contribution in [2.24, 2.45) is 5.92 Å². The standard InChI is InChI=1S/C26H35N2O5PS3/c1-3-32-34(29,33-4-2)25(17-20-11-7-5-8-12-20)28-37(30,31)22-15-16-23-24(18-22)36-26(27-23)35-19-21-13-9-6-10-14-21/h5,7-8,11-12,15-16,18,21,25,28H,3-4,6,9-10,13-14,17,19H2,1-2H3. The van der Waals surface area contributed by atoms with Crippen LogP contribution in [0.4, 0.5) is 0 Å². The Balaban J connectivity index is 1.55. The summed E-state index contributed by atoms with van der Waals surface area (Å²) in [5.41, 5.74) is 1.61. The number of nitrogens with zero attached hydrogens (tertiary/aromatic N) is 1. The van der Waals surface area contributed by atoms with Gasteiger partial charge in [-0.15, -0.1) is 11.3 Å². The Hall–Kier alpha value is -1.26. The summed E-state index contributed by atoms with van der Waals surface area (Å²) in [7, 11) is -7.80. The smallest absolute Gasteiger partial charge is 0.308 e. The first-order valence-corrected chi connectivity index (χ1v) is 17.7. The Morgan fingerprint density at radius 3 is 2.46 bits per heavy atom. The highest BCUT2D eigenvalue weighted by atomic mass is 32.2. The average molecular weight is 583 g/mol. The molecule has 202 valence electrons. The van der Waals surface area contributed by atoms with Gasteiger partial charge in [0, 0.05) is 12.2 Å². The molecular formula is C26H35N2O5PS3. The summed E-state index contributed by atoms with van der Waals surface area (Å²) in [6.45, 7) is 3.69. The third-order valence-corrected chi connectivity index (χ3v) is 12.7.